The summed E-state index contributed by atoms with van der Waals surface area (Å²) in [6, 6.07) is 11.1. The zero-order valence-electron chi connectivity index (χ0n) is 14.5. The molecule has 0 atom stereocenters. The van der Waals surface area contributed by atoms with Gasteiger partial charge in [0.05, 0.1) is 26.0 Å². The first-order chi connectivity index (χ1) is 12.9. The molecule has 1 N–H and O–H groups in total. The molecule has 1 fully saturated rings. The van der Waals surface area contributed by atoms with E-state index in [1.807, 2.05) is 42.8 Å². The highest BCUT2D eigenvalue weighted by atomic mass is 35.5. The first-order valence-electron chi connectivity index (χ1n) is 8.09. The van der Waals surface area contributed by atoms with Gasteiger partial charge in [-0.25, -0.2) is 9.98 Å². The van der Waals surface area contributed by atoms with Crippen LogP contribution in [0.2, 0.25) is 10.0 Å². The van der Waals surface area contributed by atoms with Crippen LogP contribution in [0.3, 0.4) is 0 Å². The number of aryl methyl sites for hydroxylation is 2. The largest absolute Gasteiger partial charge is 0.331 e. The quantitative estimate of drug-likeness (QED) is 0.592. The molecule has 2 heterocycles. The molecular weight excluding hydrogens is 403 g/mol. The minimum absolute atomic E-state index is 0.205. The van der Waals surface area contributed by atoms with Crippen molar-refractivity contribution in [1.82, 2.24) is 14.9 Å². The predicted molar refractivity (Wildman–Crippen MR) is 113 cm³/mol. The van der Waals surface area contributed by atoms with Crippen molar-refractivity contribution in [3.63, 3.8) is 0 Å². The highest BCUT2D eigenvalue weighted by Crippen LogP contribution is 2.35. The molecule has 2 aromatic carbocycles. The average molecular weight is 417 g/mol. The standard InChI is InChI=1S/C19H14Cl2N4OS/c1-10-22-14-7-6-11(8-15(14)25(10)2)9-16-18(26)24-19(27-16)23-17-12(20)4-3-5-13(17)21/h3-9H,1-2H3,(H,23,24,26)/b16-9+. The Labute approximate surface area is 170 Å². The number of aliphatic imine (C=N–C) groups is 1. The van der Waals surface area contributed by atoms with E-state index >= 15 is 0 Å². The molecule has 1 amide bonds. The Hall–Kier alpha value is -2.28. The fourth-order valence-electron chi connectivity index (χ4n) is 2.75. The van der Waals surface area contributed by atoms with Crippen LogP contribution in [0.4, 0.5) is 5.69 Å². The molecule has 0 unspecified atom stereocenters. The second-order valence-electron chi connectivity index (χ2n) is 6.02. The van der Waals surface area contributed by atoms with Crippen LogP contribution in [0.15, 0.2) is 46.3 Å². The van der Waals surface area contributed by atoms with Gasteiger partial charge in [0.2, 0.25) is 0 Å². The van der Waals surface area contributed by atoms with E-state index < -0.39 is 0 Å². The lowest BCUT2D eigenvalue weighted by Crippen LogP contribution is -2.19. The monoisotopic (exact) mass is 416 g/mol. The molecule has 3 aromatic rings. The van der Waals surface area contributed by atoms with Gasteiger partial charge in [-0.05, 0) is 54.6 Å². The summed E-state index contributed by atoms with van der Waals surface area (Å²) in [5.41, 5.74) is 3.30. The molecule has 0 aliphatic carbocycles. The van der Waals surface area contributed by atoms with Crippen molar-refractivity contribution in [2.75, 3.05) is 0 Å². The number of halogens is 2. The Kier molecular flexibility index (Phi) is 4.72. The van der Waals surface area contributed by atoms with Crippen LogP contribution in [-0.4, -0.2) is 20.6 Å². The molecule has 1 aliphatic heterocycles. The molecule has 1 aliphatic rings. The van der Waals surface area contributed by atoms with E-state index in [-0.39, 0.29) is 5.91 Å². The molecule has 5 nitrogen and oxygen atoms in total. The van der Waals surface area contributed by atoms with Gasteiger partial charge in [0, 0.05) is 7.05 Å². The van der Waals surface area contributed by atoms with Crippen LogP contribution in [0, 0.1) is 6.92 Å². The lowest BCUT2D eigenvalue weighted by atomic mass is 10.2. The van der Waals surface area contributed by atoms with E-state index in [2.05, 4.69) is 15.3 Å². The van der Waals surface area contributed by atoms with E-state index in [4.69, 9.17) is 23.2 Å². The third kappa shape index (κ3) is 3.48. The number of nitrogens with zero attached hydrogens (tertiary/aromatic N) is 3. The topological polar surface area (TPSA) is 59.3 Å². The van der Waals surface area contributed by atoms with Crippen LogP contribution in [0.5, 0.6) is 0 Å². The van der Waals surface area contributed by atoms with Crippen molar-refractivity contribution in [2.24, 2.45) is 12.0 Å². The van der Waals surface area contributed by atoms with Gasteiger partial charge < -0.3 is 9.88 Å². The smallest absolute Gasteiger partial charge is 0.264 e. The lowest BCUT2D eigenvalue weighted by molar-refractivity contribution is -0.115. The molecule has 8 heteroatoms. The minimum Gasteiger partial charge on any atom is -0.331 e. The normalized spacial score (nSPS) is 17.3. The second kappa shape index (κ2) is 7.03. The summed E-state index contributed by atoms with van der Waals surface area (Å²) < 4.78 is 2.02. The molecule has 27 heavy (non-hydrogen) atoms. The maximum absolute atomic E-state index is 12.3. The summed E-state index contributed by atoms with van der Waals surface area (Å²) in [5.74, 6) is 0.733. The molecule has 136 valence electrons. The molecule has 0 spiro atoms. The van der Waals surface area contributed by atoms with Crippen LogP contribution in [-0.2, 0) is 11.8 Å². The Bertz CT molecular complexity index is 1130. The summed E-state index contributed by atoms with van der Waals surface area (Å²) in [6.07, 6.45) is 1.83. The first-order valence-corrected chi connectivity index (χ1v) is 9.66. The number of fused-ring (bicyclic) bond motifs is 1. The number of nitrogens with one attached hydrogen (secondary N) is 1. The van der Waals surface area contributed by atoms with Crippen LogP contribution in [0.1, 0.15) is 11.4 Å². The van der Waals surface area contributed by atoms with E-state index in [9.17, 15) is 4.79 Å². The third-order valence-electron chi connectivity index (χ3n) is 4.23. The summed E-state index contributed by atoms with van der Waals surface area (Å²) in [7, 11) is 1.97. The van der Waals surface area contributed by atoms with Gasteiger partial charge in [-0.2, -0.15) is 0 Å². The number of benzene rings is 2. The maximum atomic E-state index is 12.3. The number of amidine groups is 1. The van der Waals surface area contributed by atoms with E-state index in [1.54, 1.807) is 18.2 Å². The highest BCUT2D eigenvalue weighted by molar-refractivity contribution is 8.18. The summed E-state index contributed by atoms with van der Waals surface area (Å²) in [5, 5.41) is 4.05. The van der Waals surface area contributed by atoms with Crippen molar-refractivity contribution in [2.45, 2.75) is 6.92 Å². The summed E-state index contributed by atoms with van der Waals surface area (Å²) in [4.78, 5) is 21.8. The third-order valence-corrected chi connectivity index (χ3v) is 5.75. The number of amides is 1. The average Bonchev–Trinajstić information content (AvgIpc) is 3.11. The zero-order chi connectivity index (χ0) is 19.1. The fraction of sp³-hybridized carbons (Fsp3) is 0.105. The molecule has 1 saturated heterocycles. The molecule has 0 radical (unpaired) electrons. The number of para-hydroxylation sites is 1. The number of hydrogen-bond acceptors (Lipinski definition) is 4. The number of aromatic nitrogens is 2. The van der Waals surface area contributed by atoms with Crippen molar-refractivity contribution in [3.8, 4) is 0 Å². The van der Waals surface area contributed by atoms with E-state index in [0.717, 1.165) is 22.4 Å². The highest BCUT2D eigenvalue weighted by Gasteiger charge is 2.24. The molecule has 0 saturated carbocycles. The SMILES string of the molecule is Cc1nc2ccc(/C=C3/SC(=Nc4c(Cl)cccc4Cl)NC3=O)cc2n1C. The van der Waals surface area contributed by atoms with Gasteiger partial charge >= 0.3 is 0 Å². The number of rotatable bonds is 2. The van der Waals surface area contributed by atoms with Crippen LogP contribution < -0.4 is 5.32 Å². The van der Waals surface area contributed by atoms with Gasteiger partial charge in [-0.15, -0.1) is 0 Å². The predicted octanol–water partition coefficient (Wildman–Crippen LogP) is 5.08. The number of thioether (sulfide) groups is 1. The Morgan fingerprint density at radius 3 is 2.70 bits per heavy atom. The maximum Gasteiger partial charge on any atom is 0.264 e. The van der Waals surface area contributed by atoms with Gasteiger partial charge in [0.15, 0.2) is 5.17 Å². The van der Waals surface area contributed by atoms with Crippen LogP contribution >= 0.6 is 35.0 Å². The van der Waals surface area contributed by atoms with Gasteiger partial charge in [0.1, 0.15) is 11.5 Å². The van der Waals surface area contributed by atoms with Gasteiger partial charge in [-0.3, -0.25) is 4.79 Å². The molecule has 1 aromatic heterocycles. The molecular formula is C19H14Cl2N4OS. The number of carbonyl (C=O) groups is 1. The first kappa shape index (κ1) is 18.1. The van der Waals surface area contributed by atoms with Gasteiger partial charge in [0.25, 0.3) is 5.91 Å². The van der Waals surface area contributed by atoms with Crippen molar-refractivity contribution in [3.05, 3.63) is 62.7 Å². The fourth-order valence-corrected chi connectivity index (χ4v) is 4.06. The van der Waals surface area contributed by atoms with Crippen LogP contribution in [0.25, 0.3) is 17.1 Å². The molecule has 4 rings (SSSR count). The number of hydrogen-bond donors (Lipinski definition) is 1. The Morgan fingerprint density at radius 1 is 1.22 bits per heavy atom. The number of imidazole rings is 1. The number of carbonyl (C=O) groups excluding carboxylic acids is 1. The van der Waals surface area contributed by atoms with Gasteiger partial charge in [-0.1, -0.05) is 35.3 Å². The van der Waals surface area contributed by atoms with Crippen molar-refractivity contribution < 1.29 is 4.79 Å². The van der Waals surface area contributed by atoms with E-state index in [0.29, 0.717) is 25.8 Å². The van der Waals surface area contributed by atoms with Crippen molar-refractivity contribution in [1.29, 1.82) is 0 Å². The minimum atomic E-state index is -0.205. The summed E-state index contributed by atoms with van der Waals surface area (Å²) >= 11 is 13.5. The zero-order valence-corrected chi connectivity index (χ0v) is 16.8. The Morgan fingerprint density at radius 2 is 1.96 bits per heavy atom. The summed E-state index contributed by atoms with van der Waals surface area (Å²) in [6.45, 7) is 1.96. The molecule has 0 bridgehead atoms. The second-order valence-corrected chi connectivity index (χ2v) is 7.86. The van der Waals surface area contributed by atoms with E-state index in [1.165, 1.54) is 11.8 Å². The lowest BCUT2D eigenvalue weighted by Gasteiger charge is -2.01. The van der Waals surface area contributed by atoms with Crippen molar-refractivity contribution >= 4 is 68.8 Å². The Balaban J connectivity index is 1.66.